The van der Waals surface area contributed by atoms with Gasteiger partial charge in [-0.3, -0.25) is 0 Å². The largest absolute Gasteiger partial charge is 0.308 e. The molecule has 1 fully saturated rings. The fourth-order valence-corrected chi connectivity index (χ4v) is 4.15. The molecule has 0 spiro atoms. The van der Waals surface area contributed by atoms with Gasteiger partial charge in [-0.1, -0.05) is 6.42 Å². The van der Waals surface area contributed by atoms with E-state index in [-0.39, 0.29) is 0 Å². The Hall–Kier alpha value is -1.70. The van der Waals surface area contributed by atoms with Crippen LogP contribution in [0.15, 0.2) is 35.2 Å². The molecule has 0 amide bonds. The summed E-state index contributed by atoms with van der Waals surface area (Å²) < 4.78 is 26.8. The third-order valence-electron chi connectivity index (χ3n) is 3.76. The van der Waals surface area contributed by atoms with E-state index in [2.05, 4.69) is 10.4 Å². The van der Waals surface area contributed by atoms with Crippen LogP contribution in [0.2, 0.25) is 0 Å². The molecule has 1 aliphatic heterocycles. The molecule has 0 saturated carbocycles. The van der Waals surface area contributed by atoms with Gasteiger partial charge in [0, 0.05) is 18.5 Å². The molecule has 21 heavy (non-hydrogen) atoms. The second-order valence-electron chi connectivity index (χ2n) is 5.16. The van der Waals surface area contributed by atoms with Crippen molar-refractivity contribution < 1.29 is 8.42 Å². The molecule has 0 atom stereocenters. The maximum Gasteiger partial charge on any atom is 0.243 e. The van der Waals surface area contributed by atoms with E-state index in [1.165, 1.54) is 0 Å². The normalized spacial score (nSPS) is 17.0. The topological polar surface area (TPSA) is 88.3 Å². The Morgan fingerprint density at radius 1 is 1.10 bits per heavy atom. The van der Waals surface area contributed by atoms with Gasteiger partial charge in [0.1, 0.15) is 5.82 Å². The first kappa shape index (κ1) is 14.2. The number of benzene rings is 1. The van der Waals surface area contributed by atoms with E-state index in [9.17, 15) is 8.42 Å². The number of aromatic nitrogens is 1. The predicted octanol–water partition coefficient (Wildman–Crippen LogP) is 1.70. The molecule has 3 N–H and O–H groups in total. The van der Waals surface area contributed by atoms with Gasteiger partial charge in [-0.2, -0.15) is 4.31 Å². The van der Waals surface area contributed by atoms with E-state index < -0.39 is 10.0 Å². The summed E-state index contributed by atoms with van der Waals surface area (Å²) in [6.07, 6.45) is 2.96. The van der Waals surface area contributed by atoms with E-state index in [1.54, 1.807) is 28.6 Å². The standard InChI is InChI=1S/C14H18N4O2S/c15-17-14-7-4-11-10-12(5-6-13(11)16-14)21(19,20)18-8-2-1-3-9-18/h4-7,10H,1-3,8-9,15H2,(H,16,17). The number of hydrogen-bond acceptors (Lipinski definition) is 5. The van der Waals surface area contributed by atoms with Crippen LogP contribution in [-0.4, -0.2) is 30.8 Å². The van der Waals surface area contributed by atoms with Crippen LogP contribution in [0.1, 0.15) is 19.3 Å². The molecule has 0 radical (unpaired) electrons. The van der Waals surface area contributed by atoms with Crippen LogP contribution in [0.25, 0.3) is 10.9 Å². The SMILES string of the molecule is NNc1ccc2cc(S(=O)(=O)N3CCCCC3)ccc2n1. The van der Waals surface area contributed by atoms with Gasteiger partial charge < -0.3 is 5.43 Å². The average Bonchev–Trinajstić information content (AvgIpc) is 2.54. The zero-order valence-corrected chi connectivity index (χ0v) is 12.4. The number of fused-ring (bicyclic) bond motifs is 1. The third-order valence-corrected chi connectivity index (χ3v) is 5.66. The van der Waals surface area contributed by atoms with E-state index in [0.29, 0.717) is 29.3 Å². The number of piperidine rings is 1. The quantitative estimate of drug-likeness (QED) is 0.665. The first-order valence-corrected chi connectivity index (χ1v) is 8.43. The molecule has 1 aliphatic rings. The van der Waals surface area contributed by atoms with Gasteiger partial charge in [-0.15, -0.1) is 0 Å². The Kier molecular flexibility index (Phi) is 3.79. The van der Waals surface area contributed by atoms with Gasteiger partial charge in [-0.25, -0.2) is 19.2 Å². The van der Waals surface area contributed by atoms with Crippen molar-refractivity contribution in [2.75, 3.05) is 18.5 Å². The third kappa shape index (κ3) is 2.72. The van der Waals surface area contributed by atoms with Gasteiger partial charge in [0.25, 0.3) is 0 Å². The zero-order valence-electron chi connectivity index (χ0n) is 11.6. The number of pyridine rings is 1. The second kappa shape index (κ2) is 5.59. The summed E-state index contributed by atoms with van der Waals surface area (Å²) in [6, 6.07) is 8.53. The van der Waals surface area contributed by atoms with Crippen LogP contribution in [0.5, 0.6) is 0 Å². The molecule has 1 aromatic heterocycles. The number of hydrazine groups is 1. The van der Waals surface area contributed by atoms with Gasteiger partial charge in [0.05, 0.1) is 10.4 Å². The first-order chi connectivity index (χ1) is 10.1. The molecule has 0 aliphatic carbocycles. The fraction of sp³-hybridized carbons (Fsp3) is 0.357. The number of nitrogen functional groups attached to an aromatic ring is 1. The molecule has 7 heteroatoms. The average molecular weight is 306 g/mol. The van der Waals surface area contributed by atoms with Gasteiger partial charge in [0.2, 0.25) is 10.0 Å². The maximum absolute atomic E-state index is 12.6. The van der Waals surface area contributed by atoms with Crippen LogP contribution in [-0.2, 0) is 10.0 Å². The van der Waals surface area contributed by atoms with E-state index in [0.717, 1.165) is 24.6 Å². The number of rotatable bonds is 3. The lowest BCUT2D eigenvalue weighted by atomic mass is 10.2. The van der Waals surface area contributed by atoms with Crippen molar-refractivity contribution >= 4 is 26.7 Å². The highest BCUT2D eigenvalue weighted by Crippen LogP contribution is 2.24. The molecule has 1 aromatic carbocycles. The predicted molar refractivity (Wildman–Crippen MR) is 82.2 cm³/mol. The molecular weight excluding hydrogens is 288 g/mol. The smallest absolute Gasteiger partial charge is 0.243 e. The highest BCUT2D eigenvalue weighted by molar-refractivity contribution is 7.89. The lowest BCUT2D eigenvalue weighted by Crippen LogP contribution is -2.35. The van der Waals surface area contributed by atoms with Crippen molar-refractivity contribution in [1.82, 2.24) is 9.29 Å². The van der Waals surface area contributed by atoms with Crippen LogP contribution in [0, 0.1) is 0 Å². The molecule has 0 unspecified atom stereocenters. The van der Waals surface area contributed by atoms with Crippen molar-refractivity contribution in [2.45, 2.75) is 24.2 Å². The van der Waals surface area contributed by atoms with Crippen LogP contribution < -0.4 is 11.3 Å². The molecule has 112 valence electrons. The highest BCUT2D eigenvalue weighted by atomic mass is 32.2. The Morgan fingerprint density at radius 3 is 2.57 bits per heavy atom. The van der Waals surface area contributed by atoms with E-state index in [4.69, 9.17) is 5.84 Å². The lowest BCUT2D eigenvalue weighted by molar-refractivity contribution is 0.346. The molecule has 3 rings (SSSR count). The Morgan fingerprint density at radius 2 is 1.86 bits per heavy atom. The summed E-state index contributed by atoms with van der Waals surface area (Å²) in [5, 5.41) is 0.784. The minimum absolute atomic E-state index is 0.326. The van der Waals surface area contributed by atoms with Gasteiger partial charge in [-0.05, 0) is 43.2 Å². The summed E-state index contributed by atoms with van der Waals surface area (Å²) in [5.74, 6) is 5.87. The van der Waals surface area contributed by atoms with Gasteiger partial charge >= 0.3 is 0 Å². The number of hydrogen-bond donors (Lipinski definition) is 2. The minimum Gasteiger partial charge on any atom is -0.308 e. The highest BCUT2D eigenvalue weighted by Gasteiger charge is 2.25. The first-order valence-electron chi connectivity index (χ1n) is 6.99. The minimum atomic E-state index is -3.40. The number of anilines is 1. The van der Waals surface area contributed by atoms with E-state index >= 15 is 0 Å². The Bertz CT molecular complexity index is 755. The summed E-state index contributed by atoms with van der Waals surface area (Å²) in [7, 11) is -3.40. The van der Waals surface area contributed by atoms with Crippen molar-refractivity contribution in [2.24, 2.45) is 5.84 Å². The van der Waals surface area contributed by atoms with Crippen molar-refractivity contribution in [3.05, 3.63) is 30.3 Å². The summed E-state index contributed by atoms with van der Waals surface area (Å²) in [6.45, 7) is 1.21. The fourth-order valence-electron chi connectivity index (χ4n) is 2.60. The second-order valence-corrected chi connectivity index (χ2v) is 7.10. The molecule has 1 saturated heterocycles. The number of nitrogens with two attached hydrogens (primary N) is 1. The molecular formula is C14H18N4O2S. The lowest BCUT2D eigenvalue weighted by Gasteiger charge is -2.25. The summed E-state index contributed by atoms with van der Waals surface area (Å²) >= 11 is 0. The van der Waals surface area contributed by atoms with Crippen LogP contribution in [0.3, 0.4) is 0 Å². The van der Waals surface area contributed by atoms with Crippen LogP contribution >= 0.6 is 0 Å². The molecule has 0 bridgehead atoms. The molecule has 2 heterocycles. The maximum atomic E-state index is 12.6. The van der Waals surface area contributed by atoms with Crippen LogP contribution in [0.4, 0.5) is 5.82 Å². The number of nitrogens with one attached hydrogen (secondary N) is 1. The summed E-state index contributed by atoms with van der Waals surface area (Å²) in [5.41, 5.74) is 3.19. The molecule has 2 aromatic rings. The zero-order chi connectivity index (χ0) is 14.9. The van der Waals surface area contributed by atoms with Crippen molar-refractivity contribution in [3.63, 3.8) is 0 Å². The number of sulfonamides is 1. The van der Waals surface area contributed by atoms with Crippen molar-refractivity contribution in [1.29, 1.82) is 0 Å². The number of nitrogens with zero attached hydrogens (tertiary/aromatic N) is 2. The van der Waals surface area contributed by atoms with Gasteiger partial charge in [0.15, 0.2) is 0 Å². The monoisotopic (exact) mass is 306 g/mol. The Labute approximate surface area is 124 Å². The molecule has 6 nitrogen and oxygen atoms in total. The van der Waals surface area contributed by atoms with E-state index in [1.807, 2.05) is 6.07 Å². The summed E-state index contributed by atoms with van der Waals surface area (Å²) in [4.78, 5) is 4.61. The van der Waals surface area contributed by atoms with Crippen molar-refractivity contribution in [3.8, 4) is 0 Å². The Balaban J connectivity index is 2.00.